The summed E-state index contributed by atoms with van der Waals surface area (Å²) in [4.78, 5) is 23.0. The zero-order chi connectivity index (χ0) is 12.3. The SMILES string of the molecule is Cl.NC(CNC(=O)Cn1ccccc1=O)C1CC1. The van der Waals surface area contributed by atoms with Gasteiger partial charge in [-0.3, -0.25) is 9.59 Å². The molecule has 1 saturated carbocycles. The molecular weight excluding hydrogens is 254 g/mol. The van der Waals surface area contributed by atoms with E-state index in [1.807, 2.05) is 0 Å². The van der Waals surface area contributed by atoms with Gasteiger partial charge in [-0.2, -0.15) is 0 Å². The molecule has 1 unspecified atom stereocenters. The first-order valence-corrected chi connectivity index (χ1v) is 5.84. The molecule has 1 aliphatic rings. The lowest BCUT2D eigenvalue weighted by Gasteiger charge is -2.12. The van der Waals surface area contributed by atoms with Crippen molar-refractivity contribution in [2.75, 3.05) is 6.54 Å². The molecule has 1 heterocycles. The minimum atomic E-state index is -0.172. The first-order valence-electron chi connectivity index (χ1n) is 5.84. The Morgan fingerprint density at radius 2 is 2.22 bits per heavy atom. The summed E-state index contributed by atoms with van der Waals surface area (Å²) in [5.74, 6) is 0.393. The third-order valence-electron chi connectivity index (χ3n) is 2.98. The largest absolute Gasteiger partial charge is 0.353 e. The van der Waals surface area contributed by atoms with Crippen LogP contribution in [-0.2, 0) is 11.3 Å². The summed E-state index contributed by atoms with van der Waals surface area (Å²) in [6, 6.07) is 4.86. The zero-order valence-electron chi connectivity index (χ0n) is 10.0. The van der Waals surface area contributed by atoms with Gasteiger partial charge < -0.3 is 15.6 Å². The molecule has 0 aromatic carbocycles. The number of carbonyl (C=O) groups is 1. The summed E-state index contributed by atoms with van der Waals surface area (Å²) >= 11 is 0. The number of carbonyl (C=O) groups excluding carboxylic acids is 1. The minimum absolute atomic E-state index is 0. The van der Waals surface area contributed by atoms with Crippen LogP contribution >= 0.6 is 12.4 Å². The Balaban J connectivity index is 0.00000162. The van der Waals surface area contributed by atoms with Gasteiger partial charge in [0, 0.05) is 24.8 Å². The average molecular weight is 272 g/mol. The molecule has 1 fully saturated rings. The Morgan fingerprint density at radius 1 is 1.50 bits per heavy atom. The van der Waals surface area contributed by atoms with E-state index in [2.05, 4.69) is 5.32 Å². The quantitative estimate of drug-likeness (QED) is 0.799. The van der Waals surface area contributed by atoms with Crippen molar-refractivity contribution in [3.05, 3.63) is 34.7 Å². The molecule has 1 aromatic heterocycles. The van der Waals surface area contributed by atoms with Gasteiger partial charge in [-0.15, -0.1) is 12.4 Å². The summed E-state index contributed by atoms with van der Waals surface area (Å²) in [7, 11) is 0. The number of amides is 1. The van der Waals surface area contributed by atoms with E-state index in [1.54, 1.807) is 18.3 Å². The van der Waals surface area contributed by atoms with Crippen LogP contribution in [0.1, 0.15) is 12.8 Å². The number of halogens is 1. The Bertz CT molecular complexity index is 457. The van der Waals surface area contributed by atoms with Crippen LogP contribution in [0.5, 0.6) is 0 Å². The van der Waals surface area contributed by atoms with Crippen molar-refractivity contribution in [3.63, 3.8) is 0 Å². The highest BCUT2D eigenvalue weighted by Crippen LogP contribution is 2.31. The standard InChI is InChI=1S/C12H17N3O2.ClH/c13-10(9-4-5-9)7-14-11(16)8-15-6-2-1-3-12(15)17;/h1-3,6,9-10H,4-5,7-8,13H2,(H,14,16);1H. The molecule has 2 rings (SSSR count). The normalized spacial score (nSPS) is 15.6. The maximum Gasteiger partial charge on any atom is 0.250 e. The first kappa shape index (κ1) is 14.7. The van der Waals surface area contributed by atoms with Crippen LogP contribution in [0, 0.1) is 5.92 Å². The third kappa shape index (κ3) is 4.16. The lowest BCUT2D eigenvalue weighted by molar-refractivity contribution is -0.121. The lowest BCUT2D eigenvalue weighted by Crippen LogP contribution is -2.40. The van der Waals surface area contributed by atoms with Crippen LogP contribution in [0.3, 0.4) is 0 Å². The average Bonchev–Trinajstić information content (AvgIpc) is 3.13. The van der Waals surface area contributed by atoms with E-state index in [-0.39, 0.29) is 36.5 Å². The second-order valence-corrected chi connectivity index (χ2v) is 4.47. The van der Waals surface area contributed by atoms with Crippen LogP contribution in [0.25, 0.3) is 0 Å². The molecule has 0 spiro atoms. The molecular formula is C12H18ClN3O2. The fraction of sp³-hybridized carbons (Fsp3) is 0.500. The van der Waals surface area contributed by atoms with E-state index in [0.717, 1.165) is 12.8 Å². The van der Waals surface area contributed by atoms with Gasteiger partial charge in [0.1, 0.15) is 6.54 Å². The number of rotatable bonds is 5. The third-order valence-corrected chi connectivity index (χ3v) is 2.98. The van der Waals surface area contributed by atoms with Crippen molar-refractivity contribution in [3.8, 4) is 0 Å². The summed E-state index contributed by atoms with van der Waals surface area (Å²) in [5, 5.41) is 2.76. The molecule has 0 bridgehead atoms. The summed E-state index contributed by atoms with van der Waals surface area (Å²) in [6.45, 7) is 0.544. The molecule has 6 heteroatoms. The van der Waals surface area contributed by atoms with Gasteiger partial charge in [0.25, 0.3) is 5.56 Å². The molecule has 1 amide bonds. The molecule has 0 aliphatic heterocycles. The predicted octanol–water partition coefficient (Wildman–Crippen LogP) is 0.124. The highest BCUT2D eigenvalue weighted by Gasteiger charge is 2.28. The molecule has 0 radical (unpaired) electrons. The van der Waals surface area contributed by atoms with Gasteiger partial charge in [0.15, 0.2) is 0 Å². The number of pyridine rings is 1. The Labute approximate surface area is 112 Å². The van der Waals surface area contributed by atoms with Crippen LogP contribution < -0.4 is 16.6 Å². The number of nitrogens with two attached hydrogens (primary N) is 1. The smallest absolute Gasteiger partial charge is 0.250 e. The lowest BCUT2D eigenvalue weighted by atomic mass is 10.2. The predicted molar refractivity (Wildman–Crippen MR) is 71.7 cm³/mol. The van der Waals surface area contributed by atoms with E-state index in [0.29, 0.717) is 12.5 Å². The van der Waals surface area contributed by atoms with E-state index in [4.69, 9.17) is 5.73 Å². The molecule has 100 valence electrons. The Hall–Kier alpha value is -1.33. The maximum absolute atomic E-state index is 11.6. The second kappa shape index (κ2) is 6.56. The summed E-state index contributed by atoms with van der Waals surface area (Å²) in [5.41, 5.74) is 5.70. The summed E-state index contributed by atoms with van der Waals surface area (Å²) < 4.78 is 1.37. The van der Waals surface area contributed by atoms with Crippen molar-refractivity contribution >= 4 is 18.3 Å². The van der Waals surface area contributed by atoms with E-state index < -0.39 is 0 Å². The van der Waals surface area contributed by atoms with Crippen molar-refractivity contribution < 1.29 is 4.79 Å². The first-order chi connectivity index (χ1) is 8.16. The number of hydrogen-bond donors (Lipinski definition) is 2. The second-order valence-electron chi connectivity index (χ2n) is 4.47. The fourth-order valence-electron chi connectivity index (χ4n) is 1.72. The zero-order valence-corrected chi connectivity index (χ0v) is 10.9. The van der Waals surface area contributed by atoms with E-state index >= 15 is 0 Å². The van der Waals surface area contributed by atoms with E-state index in [9.17, 15) is 9.59 Å². The van der Waals surface area contributed by atoms with Crippen molar-refractivity contribution in [1.29, 1.82) is 0 Å². The summed E-state index contributed by atoms with van der Waals surface area (Å²) in [6.07, 6.45) is 3.92. The topological polar surface area (TPSA) is 77.1 Å². The van der Waals surface area contributed by atoms with Crippen molar-refractivity contribution in [2.24, 2.45) is 11.7 Å². The van der Waals surface area contributed by atoms with Crippen molar-refractivity contribution in [2.45, 2.75) is 25.4 Å². The monoisotopic (exact) mass is 271 g/mol. The van der Waals surface area contributed by atoms with Crippen LogP contribution in [0.2, 0.25) is 0 Å². The Kier molecular flexibility index (Phi) is 5.37. The fourth-order valence-corrected chi connectivity index (χ4v) is 1.72. The maximum atomic E-state index is 11.6. The molecule has 3 N–H and O–H groups in total. The molecule has 1 aliphatic carbocycles. The van der Waals surface area contributed by atoms with Gasteiger partial charge in [0.2, 0.25) is 5.91 Å². The number of hydrogen-bond acceptors (Lipinski definition) is 3. The van der Waals surface area contributed by atoms with Gasteiger partial charge in [-0.25, -0.2) is 0 Å². The molecule has 18 heavy (non-hydrogen) atoms. The van der Waals surface area contributed by atoms with Gasteiger partial charge in [-0.1, -0.05) is 6.07 Å². The highest BCUT2D eigenvalue weighted by molar-refractivity contribution is 5.85. The van der Waals surface area contributed by atoms with Gasteiger partial charge in [-0.05, 0) is 24.8 Å². The number of nitrogens with zero attached hydrogens (tertiary/aromatic N) is 1. The van der Waals surface area contributed by atoms with Crippen LogP contribution in [0.4, 0.5) is 0 Å². The van der Waals surface area contributed by atoms with E-state index in [1.165, 1.54) is 10.6 Å². The van der Waals surface area contributed by atoms with Crippen LogP contribution in [-0.4, -0.2) is 23.1 Å². The van der Waals surface area contributed by atoms with Gasteiger partial charge >= 0.3 is 0 Å². The molecule has 5 nitrogen and oxygen atoms in total. The van der Waals surface area contributed by atoms with Crippen LogP contribution in [0.15, 0.2) is 29.2 Å². The molecule has 1 atom stereocenters. The molecule has 0 saturated heterocycles. The van der Waals surface area contributed by atoms with Gasteiger partial charge in [0.05, 0.1) is 0 Å². The van der Waals surface area contributed by atoms with Crippen molar-refractivity contribution in [1.82, 2.24) is 9.88 Å². The number of aromatic nitrogens is 1. The highest BCUT2D eigenvalue weighted by atomic mass is 35.5. The minimum Gasteiger partial charge on any atom is -0.353 e. The number of nitrogens with one attached hydrogen (secondary N) is 1. The Morgan fingerprint density at radius 3 is 2.83 bits per heavy atom. The molecule has 1 aromatic rings.